The molecule has 0 bridgehead atoms. The van der Waals surface area contributed by atoms with E-state index in [1.807, 2.05) is 32.0 Å². The smallest absolute Gasteiger partial charge is 0.319 e. The first-order chi connectivity index (χ1) is 10.8. The Morgan fingerprint density at radius 2 is 1.70 bits per heavy atom. The van der Waals surface area contributed by atoms with Crippen LogP contribution in [0, 0.1) is 13.8 Å². The van der Waals surface area contributed by atoms with Crippen molar-refractivity contribution in [3.05, 3.63) is 59.2 Å². The standard InChI is InChI=1S/C16H19N3O3S/c1-11-3-6-14(9-12(11)2)19-16(20)18-10-13-4-7-15(8-5-13)23(17,21)22/h3-9H,10H2,1-2H3,(H2,17,21,22)(H2,18,19,20). The summed E-state index contributed by atoms with van der Waals surface area (Å²) in [6.07, 6.45) is 0. The van der Waals surface area contributed by atoms with Gasteiger partial charge in [-0.1, -0.05) is 18.2 Å². The molecule has 0 saturated carbocycles. The molecule has 2 amide bonds. The van der Waals surface area contributed by atoms with Crippen LogP contribution >= 0.6 is 0 Å². The summed E-state index contributed by atoms with van der Waals surface area (Å²) in [6, 6.07) is 11.4. The number of amides is 2. The van der Waals surface area contributed by atoms with Gasteiger partial charge in [0.25, 0.3) is 0 Å². The van der Waals surface area contributed by atoms with E-state index < -0.39 is 10.0 Å². The van der Waals surface area contributed by atoms with E-state index in [1.165, 1.54) is 12.1 Å². The zero-order valence-corrected chi connectivity index (χ0v) is 13.8. The van der Waals surface area contributed by atoms with Crippen LogP contribution in [0.25, 0.3) is 0 Å². The number of benzene rings is 2. The van der Waals surface area contributed by atoms with Gasteiger partial charge in [-0.2, -0.15) is 0 Å². The lowest BCUT2D eigenvalue weighted by molar-refractivity contribution is 0.251. The second-order valence-electron chi connectivity index (χ2n) is 5.30. The van der Waals surface area contributed by atoms with Crippen LogP contribution in [-0.2, 0) is 16.6 Å². The molecular weight excluding hydrogens is 314 g/mol. The number of nitrogens with two attached hydrogens (primary N) is 1. The number of urea groups is 1. The van der Waals surface area contributed by atoms with Crippen molar-refractivity contribution in [3.63, 3.8) is 0 Å². The van der Waals surface area contributed by atoms with Gasteiger partial charge in [-0.25, -0.2) is 18.4 Å². The van der Waals surface area contributed by atoms with Gasteiger partial charge in [-0.3, -0.25) is 0 Å². The minimum atomic E-state index is -3.70. The highest BCUT2D eigenvalue weighted by Gasteiger charge is 2.07. The van der Waals surface area contributed by atoms with Gasteiger partial charge in [-0.05, 0) is 54.8 Å². The molecule has 0 saturated heterocycles. The summed E-state index contributed by atoms with van der Waals surface area (Å²) >= 11 is 0. The quantitative estimate of drug-likeness (QED) is 0.800. The molecule has 0 unspecified atom stereocenters. The van der Waals surface area contributed by atoms with Gasteiger partial charge in [0.15, 0.2) is 0 Å². The van der Waals surface area contributed by atoms with Crippen molar-refractivity contribution in [2.24, 2.45) is 5.14 Å². The molecule has 0 aliphatic carbocycles. The van der Waals surface area contributed by atoms with Crippen LogP contribution in [0.2, 0.25) is 0 Å². The third-order valence-electron chi connectivity index (χ3n) is 3.47. The van der Waals surface area contributed by atoms with Crippen molar-refractivity contribution < 1.29 is 13.2 Å². The Kier molecular flexibility index (Phi) is 5.02. The lowest BCUT2D eigenvalue weighted by Crippen LogP contribution is -2.28. The monoisotopic (exact) mass is 333 g/mol. The van der Waals surface area contributed by atoms with Crippen LogP contribution in [-0.4, -0.2) is 14.4 Å². The zero-order chi connectivity index (χ0) is 17.0. The van der Waals surface area contributed by atoms with Crippen LogP contribution in [0.3, 0.4) is 0 Å². The zero-order valence-electron chi connectivity index (χ0n) is 13.0. The number of carbonyl (C=O) groups is 1. The molecule has 0 atom stereocenters. The summed E-state index contributed by atoms with van der Waals surface area (Å²) in [4.78, 5) is 11.9. The predicted octanol–water partition coefficient (Wildman–Crippen LogP) is 2.27. The van der Waals surface area contributed by atoms with E-state index in [0.29, 0.717) is 0 Å². The number of aryl methyl sites for hydroxylation is 2. The summed E-state index contributed by atoms with van der Waals surface area (Å²) in [7, 11) is -3.70. The summed E-state index contributed by atoms with van der Waals surface area (Å²) in [5.41, 5.74) is 3.75. The summed E-state index contributed by atoms with van der Waals surface area (Å²) < 4.78 is 22.3. The maximum absolute atomic E-state index is 11.9. The fourth-order valence-electron chi connectivity index (χ4n) is 1.97. The van der Waals surface area contributed by atoms with Gasteiger partial charge >= 0.3 is 6.03 Å². The number of anilines is 1. The third-order valence-corrected chi connectivity index (χ3v) is 4.40. The highest BCUT2D eigenvalue weighted by Crippen LogP contribution is 2.14. The number of hydrogen-bond donors (Lipinski definition) is 3. The lowest BCUT2D eigenvalue weighted by atomic mass is 10.1. The van der Waals surface area contributed by atoms with Gasteiger partial charge in [-0.15, -0.1) is 0 Å². The van der Waals surface area contributed by atoms with E-state index in [9.17, 15) is 13.2 Å². The molecule has 0 radical (unpaired) electrons. The Hall–Kier alpha value is -2.38. The minimum Gasteiger partial charge on any atom is -0.334 e. The highest BCUT2D eigenvalue weighted by atomic mass is 32.2. The van der Waals surface area contributed by atoms with Crippen LogP contribution in [0.1, 0.15) is 16.7 Å². The number of nitrogens with one attached hydrogen (secondary N) is 2. The van der Waals surface area contributed by atoms with Crippen LogP contribution in [0.5, 0.6) is 0 Å². The van der Waals surface area contributed by atoms with Gasteiger partial charge in [0.1, 0.15) is 0 Å². The second kappa shape index (κ2) is 6.80. The second-order valence-corrected chi connectivity index (χ2v) is 6.86. The van der Waals surface area contributed by atoms with Crippen molar-refractivity contribution in [2.75, 3.05) is 5.32 Å². The SMILES string of the molecule is Cc1ccc(NC(=O)NCc2ccc(S(N)(=O)=O)cc2)cc1C. The summed E-state index contributed by atoms with van der Waals surface area (Å²) in [5, 5.41) is 10.5. The average Bonchev–Trinajstić information content (AvgIpc) is 2.48. The first-order valence-corrected chi connectivity index (χ1v) is 8.54. The maximum Gasteiger partial charge on any atom is 0.319 e. The molecule has 0 aliphatic heterocycles. The average molecular weight is 333 g/mol. The number of carbonyl (C=O) groups excluding carboxylic acids is 1. The molecule has 2 aromatic rings. The molecule has 122 valence electrons. The van der Waals surface area contributed by atoms with Crippen molar-refractivity contribution in [3.8, 4) is 0 Å². The topological polar surface area (TPSA) is 101 Å². The van der Waals surface area contributed by atoms with Gasteiger partial charge in [0.05, 0.1) is 4.90 Å². The molecule has 2 rings (SSSR count). The fourth-order valence-corrected chi connectivity index (χ4v) is 2.49. The Morgan fingerprint density at radius 3 is 2.26 bits per heavy atom. The first kappa shape index (κ1) is 17.0. The van der Waals surface area contributed by atoms with Crippen LogP contribution in [0.15, 0.2) is 47.4 Å². The molecule has 0 spiro atoms. The van der Waals surface area contributed by atoms with Crippen molar-refractivity contribution in [1.29, 1.82) is 0 Å². The van der Waals surface area contributed by atoms with Crippen molar-refractivity contribution in [2.45, 2.75) is 25.3 Å². The van der Waals surface area contributed by atoms with E-state index >= 15 is 0 Å². The Bertz CT molecular complexity index is 815. The van der Waals surface area contributed by atoms with E-state index in [0.717, 1.165) is 22.4 Å². The maximum atomic E-state index is 11.9. The number of rotatable bonds is 4. The van der Waals surface area contributed by atoms with E-state index in [1.54, 1.807) is 12.1 Å². The number of primary sulfonamides is 1. The Labute approximate surface area is 135 Å². The first-order valence-electron chi connectivity index (χ1n) is 6.99. The lowest BCUT2D eigenvalue weighted by Gasteiger charge is -2.09. The summed E-state index contributed by atoms with van der Waals surface area (Å²) in [5.74, 6) is 0. The van der Waals surface area contributed by atoms with E-state index in [4.69, 9.17) is 5.14 Å². The van der Waals surface area contributed by atoms with E-state index in [2.05, 4.69) is 10.6 Å². The molecule has 7 heteroatoms. The van der Waals surface area contributed by atoms with Gasteiger partial charge in [0, 0.05) is 12.2 Å². The minimum absolute atomic E-state index is 0.0424. The molecule has 0 aromatic heterocycles. The van der Waals surface area contributed by atoms with E-state index in [-0.39, 0.29) is 17.5 Å². The normalized spacial score (nSPS) is 11.1. The number of sulfonamides is 1. The molecule has 4 N–H and O–H groups in total. The van der Waals surface area contributed by atoms with Gasteiger partial charge < -0.3 is 10.6 Å². The fraction of sp³-hybridized carbons (Fsp3) is 0.188. The van der Waals surface area contributed by atoms with Crippen molar-refractivity contribution >= 4 is 21.7 Å². The Morgan fingerprint density at radius 1 is 1.04 bits per heavy atom. The largest absolute Gasteiger partial charge is 0.334 e. The highest BCUT2D eigenvalue weighted by molar-refractivity contribution is 7.89. The molecule has 23 heavy (non-hydrogen) atoms. The van der Waals surface area contributed by atoms with Crippen molar-refractivity contribution in [1.82, 2.24) is 5.32 Å². The molecule has 2 aromatic carbocycles. The predicted molar refractivity (Wildman–Crippen MR) is 89.6 cm³/mol. The molecule has 0 aliphatic rings. The molecule has 0 fully saturated rings. The van der Waals surface area contributed by atoms with Crippen LogP contribution in [0.4, 0.5) is 10.5 Å². The summed E-state index contributed by atoms with van der Waals surface area (Å²) in [6.45, 7) is 4.26. The van der Waals surface area contributed by atoms with Crippen LogP contribution < -0.4 is 15.8 Å². The molecule has 0 heterocycles. The third kappa shape index (κ3) is 4.80. The molecule has 6 nitrogen and oxygen atoms in total. The Balaban J connectivity index is 1.92. The molecular formula is C16H19N3O3S. The van der Waals surface area contributed by atoms with Gasteiger partial charge in [0.2, 0.25) is 10.0 Å². The number of hydrogen-bond acceptors (Lipinski definition) is 3.